The second-order valence-electron chi connectivity index (χ2n) is 11.2. The predicted octanol–water partition coefficient (Wildman–Crippen LogP) is 7.16. The minimum atomic E-state index is -0.513. The van der Waals surface area contributed by atoms with Crippen LogP contribution in [-0.4, -0.2) is 43.7 Å². The van der Waals surface area contributed by atoms with Gasteiger partial charge in [0, 0.05) is 23.1 Å². The fourth-order valence-corrected chi connectivity index (χ4v) is 8.04. The lowest BCUT2D eigenvalue weighted by Crippen LogP contribution is -2.37. The summed E-state index contributed by atoms with van der Waals surface area (Å²) >= 11 is 7.96. The van der Waals surface area contributed by atoms with E-state index >= 15 is 0 Å². The van der Waals surface area contributed by atoms with Gasteiger partial charge < -0.3 is 34.1 Å². The van der Waals surface area contributed by atoms with E-state index in [2.05, 4.69) is 5.32 Å². The van der Waals surface area contributed by atoms with Crippen molar-refractivity contribution in [1.29, 1.82) is 0 Å². The molecule has 9 nitrogen and oxygen atoms in total. The number of esters is 1. The van der Waals surface area contributed by atoms with Gasteiger partial charge in [0.25, 0.3) is 0 Å². The third-order valence-electron chi connectivity index (χ3n) is 8.87. The minimum Gasteiger partial charge on any atom is -0.502 e. The lowest BCUT2D eigenvalue weighted by Gasteiger charge is -2.40. The van der Waals surface area contributed by atoms with E-state index in [4.69, 9.17) is 40.3 Å². The Morgan fingerprint density at radius 3 is 2.36 bits per heavy atom. The highest BCUT2D eigenvalue weighted by Crippen LogP contribution is 2.56. The number of anilines is 1. The molecule has 1 aliphatic carbocycles. The normalized spacial score (nSPS) is 21.3. The smallest absolute Gasteiger partial charge is 0.310 e. The van der Waals surface area contributed by atoms with Crippen LogP contribution in [0.5, 0.6) is 28.7 Å². The number of fused-ring (bicyclic) bond motifs is 4. The zero-order chi connectivity index (χ0) is 30.8. The maximum Gasteiger partial charge on any atom is 0.310 e. The second-order valence-corrected chi connectivity index (χ2v) is 12.6. The molecule has 0 spiro atoms. The lowest BCUT2D eigenvalue weighted by molar-refractivity contribution is -0.141. The van der Waals surface area contributed by atoms with Crippen molar-refractivity contribution in [1.82, 2.24) is 4.98 Å². The van der Waals surface area contributed by atoms with Gasteiger partial charge in [-0.1, -0.05) is 17.7 Å². The Morgan fingerprint density at radius 1 is 0.956 bits per heavy atom. The molecule has 45 heavy (non-hydrogen) atoms. The first-order valence-corrected chi connectivity index (χ1v) is 15.6. The molecule has 0 unspecified atom stereocenters. The van der Waals surface area contributed by atoms with E-state index in [-0.39, 0.29) is 48.6 Å². The van der Waals surface area contributed by atoms with Gasteiger partial charge in [-0.15, -0.1) is 11.3 Å². The highest BCUT2D eigenvalue weighted by molar-refractivity contribution is 7.21. The maximum absolute atomic E-state index is 13.5. The molecule has 0 radical (unpaired) electrons. The number of hydrogen-bond donors (Lipinski definition) is 2. The maximum atomic E-state index is 13.5. The lowest BCUT2D eigenvalue weighted by atomic mass is 9.65. The summed E-state index contributed by atoms with van der Waals surface area (Å²) in [6, 6.07) is 21.1. The minimum absolute atomic E-state index is 0.104. The molecular weight excluding hydrogens is 616 g/mol. The molecule has 2 N–H and O–H groups in total. The highest BCUT2D eigenvalue weighted by atomic mass is 35.5. The van der Waals surface area contributed by atoms with Gasteiger partial charge in [-0.05, 0) is 77.4 Å². The number of phenolic OH excluding ortho intramolecular Hbond substituents is 1. The van der Waals surface area contributed by atoms with Crippen molar-refractivity contribution >= 4 is 44.8 Å². The number of phenols is 1. The molecule has 228 valence electrons. The average Bonchev–Trinajstić information content (AvgIpc) is 3.80. The number of para-hydroxylation sites is 1. The van der Waals surface area contributed by atoms with Crippen LogP contribution >= 0.6 is 22.9 Å². The molecule has 0 bridgehead atoms. The van der Waals surface area contributed by atoms with Crippen LogP contribution < -0.4 is 24.3 Å². The molecule has 1 aromatic heterocycles. The number of nitrogens with one attached hydrogen (secondary N) is 1. The first-order valence-electron chi connectivity index (χ1n) is 14.4. The van der Waals surface area contributed by atoms with Gasteiger partial charge in [0.05, 0.1) is 42.5 Å². The number of benzene rings is 4. The van der Waals surface area contributed by atoms with Gasteiger partial charge in [-0.2, -0.15) is 0 Å². The Hall–Kier alpha value is -4.67. The van der Waals surface area contributed by atoms with Gasteiger partial charge in [-0.25, -0.2) is 4.98 Å². The van der Waals surface area contributed by atoms with Gasteiger partial charge in [0.1, 0.15) is 10.5 Å². The summed E-state index contributed by atoms with van der Waals surface area (Å²) in [5.41, 5.74) is 5.30. The van der Waals surface area contributed by atoms with Gasteiger partial charge in [0.2, 0.25) is 12.5 Å². The summed E-state index contributed by atoms with van der Waals surface area (Å²) in [6.45, 7) is 0.373. The third kappa shape index (κ3) is 4.50. The number of carbonyl (C=O) groups excluding carboxylic acids is 1. The number of hydrogen-bond acceptors (Lipinski definition) is 10. The van der Waals surface area contributed by atoms with Crippen LogP contribution in [0.3, 0.4) is 0 Å². The third-order valence-corrected chi connectivity index (χ3v) is 10.2. The highest BCUT2D eigenvalue weighted by Gasteiger charge is 2.52. The standard InChI is InChI=1S/C34H27ClN2O7S/c1-40-25-10-17(11-26(41-2)32(25)38)28-19-12-23-24(44-15-43-23)13-20(19)30(21-14-42-34(39)29(21)28)36-18-8-6-16(7-9-18)33-37-31-22(35)4-3-5-27(31)45-33/h3-13,21,28-30,36,38H,14-15H2,1-2H3/t21-,28+,29-,30+/m0/s1. The topological polar surface area (TPSA) is 108 Å². The SMILES string of the molecule is COc1cc([C@@H]2c3cc4c(cc3[C@@H](Nc3ccc(-c5nc6c(Cl)cccc6s5)cc3)[C@H]3COC(=O)[C@H]23)OCO4)cc(OC)c1O. The van der Waals surface area contributed by atoms with Crippen molar-refractivity contribution in [2.75, 3.05) is 32.9 Å². The van der Waals surface area contributed by atoms with E-state index in [9.17, 15) is 9.90 Å². The zero-order valence-electron chi connectivity index (χ0n) is 24.2. The van der Waals surface area contributed by atoms with E-state index < -0.39 is 11.8 Å². The van der Waals surface area contributed by atoms with E-state index in [0.29, 0.717) is 16.5 Å². The first-order chi connectivity index (χ1) is 21.9. The number of aromatic hydroxyl groups is 1. The number of thiazole rings is 1. The van der Waals surface area contributed by atoms with E-state index in [0.717, 1.165) is 43.2 Å². The summed E-state index contributed by atoms with van der Waals surface area (Å²) in [6.07, 6.45) is 0. The number of ether oxygens (including phenoxy) is 5. The molecule has 1 fully saturated rings. The Labute approximate surface area is 267 Å². The van der Waals surface area contributed by atoms with Gasteiger partial charge in [-0.3, -0.25) is 4.79 Å². The molecular formula is C34H27ClN2O7S. The molecule has 0 amide bonds. The fourth-order valence-electron chi connectivity index (χ4n) is 6.77. The van der Waals surface area contributed by atoms with Crippen LogP contribution in [0.4, 0.5) is 5.69 Å². The molecule has 0 saturated carbocycles. The summed E-state index contributed by atoms with van der Waals surface area (Å²) in [5.74, 6) is 0.256. The molecule has 1 saturated heterocycles. The first kappa shape index (κ1) is 27.8. The van der Waals surface area contributed by atoms with E-state index in [1.54, 1.807) is 23.5 Å². The second kappa shape index (κ2) is 10.7. The quantitative estimate of drug-likeness (QED) is 0.187. The molecule has 8 rings (SSSR count). The Morgan fingerprint density at radius 2 is 1.67 bits per heavy atom. The zero-order valence-corrected chi connectivity index (χ0v) is 25.8. The number of cyclic esters (lactones) is 1. The van der Waals surface area contributed by atoms with Crippen LogP contribution in [0.1, 0.15) is 28.7 Å². The molecule has 5 aromatic rings. The van der Waals surface area contributed by atoms with Crippen LogP contribution in [0.2, 0.25) is 5.02 Å². The Bertz CT molecular complexity index is 1950. The Kier molecular flexibility index (Phi) is 6.65. The van der Waals surface area contributed by atoms with Crippen molar-refractivity contribution in [2.24, 2.45) is 11.8 Å². The molecule has 3 aliphatic rings. The van der Waals surface area contributed by atoms with Crippen LogP contribution in [0.15, 0.2) is 66.7 Å². The number of rotatable bonds is 6. The van der Waals surface area contributed by atoms with Crippen molar-refractivity contribution in [3.8, 4) is 39.3 Å². The van der Waals surface area contributed by atoms with Crippen molar-refractivity contribution in [3.63, 3.8) is 0 Å². The Balaban J connectivity index is 1.20. The predicted molar refractivity (Wildman–Crippen MR) is 170 cm³/mol. The average molecular weight is 643 g/mol. The molecule has 4 atom stereocenters. The van der Waals surface area contributed by atoms with Crippen LogP contribution in [0, 0.1) is 11.8 Å². The summed E-state index contributed by atoms with van der Waals surface area (Å²) in [5, 5.41) is 15.8. The number of nitrogens with zero attached hydrogens (tertiary/aromatic N) is 1. The molecule has 3 heterocycles. The van der Waals surface area contributed by atoms with Crippen molar-refractivity contribution < 1.29 is 33.6 Å². The van der Waals surface area contributed by atoms with Crippen molar-refractivity contribution in [2.45, 2.75) is 12.0 Å². The van der Waals surface area contributed by atoms with E-state index in [1.807, 2.05) is 54.6 Å². The van der Waals surface area contributed by atoms with Crippen molar-refractivity contribution in [3.05, 3.63) is 88.4 Å². The van der Waals surface area contributed by atoms with Crippen LogP contribution in [0.25, 0.3) is 20.8 Å². The molecule has 2 aliphatic heterocycles. The largest absolute Gasteiger partial charge is 0.502 e. The van der Waals surface area contributed by atoms with E-state index in [1.165, 1.54) is 14.2 Å². The fraction of sp³-hybridized carbons (Fsp3) is 0.235. The number of methoxy groups -OCH3 is 2. The number of aromatic nitrogens is 1. The molecule has 4 aromatic carbocycles. The summed E-state index contributed by atoms with van der Waals surface area (Å²) in [7, 11) is 2.96. The number of carbonyl (C=O) groups is 1. The monoisotopic (exact) mass is 642 g/mol. The van der Waals surface area contributed by atoms with Gasteiger partial charge >= 0.3 is 5.97 Å². The number of halogens is 1. The summed E-state index contributed by atoms with van der Waals surface area (Å²) < 4.78 is 29.3. The summed E-state index contributed by atoms with van der Waals surface area (Å²) in [4.78, 5) is 18.2. The van der Waals surface area contributed by atoms with Gasteiger partial charge in [0.15, 0.2) is 23.0 Å². The molecule has 11 heteroatoms. The van der Waals surface area contributed by atoms with Crippen LogP contribution in [-0.2, 0) is 9.53 Å².